The van der Waals surface area contributed by atoms with E-state index in [1.165, 1.54) is 31.4 Å². The van der Waals surface area contributed by atoms with E-state index in [0.29, 0.717) is 0 Å². The van der Waals surface area contributed by atoms with Crippen molar-refractivity contribution in [1.82, 2.24) is 0 Å². The van der Waals surface area contributed by atoms with Crippen molar-refractivity contribution >= 4 is 30.1 Å². The van der Waals surface area contributed by atoms with Gasteiger partial charge in [-0.15, -0.1) is 0 Å². The van der Waals surface area contributed by atoms with Gasteiger partial charge in [-0.05, 0) is 52.8 Å². The van der Waals surface area contributed by atoms with Crippen LogP contribution in [0.3, 0.4) is 0 Å². The van der Waals surface area contributed by atoms with Gasteiger partial charge < -0.3 is 0 Å². The molecule has 0 amide bonds. The highest BCUT2D eigenvalue weighted by Crippen LogP contribution is 2.33. The molecule has 11 heavy (non-hydrogen) atoms. The Bertz CT molecular complexity index is 142. The molecule has 1 rings (SSSR count). The summed E-state index contributed by atoms with van der Waals surface area (Å²) in [7, 11) is 1.92. The van der Waals surface area contributed by atoms with Crippen molar-refractivity contribution < 1.29 is 0 Å². The number of hydrogen-bond acceptors (Lipinski definition) is 1. The fourth-order valence-electron chi connectivity index (χ4n) is 1.33. The van der Waals surface area contributed by atoms with E-state index in [9.17, 15) is 0 Å². The lowest BCUT2D eigenvalue weighted by atomic mass is 9.80. The lowest BCUT2D eigenvalue weighted by Crippen LogP contribution is -2.10. The van der Waals surface area contributed by atoms with Crippen LogP contribution in [-0.2, 0) is 0 Å². The van der Waals surface area contributed by atoms with Crippen LogP contribution in [0.15, 0.2) is 11.6 Å². The maximum absolute atomic E-state index is 2.46. The lowest BCUT2D eigenvalue weighted by Gasteiger charge is -2.26. The van der Waals surface area contributed by atoms with Gasteiger partial charge in [0.1, 0.15) is 0 Å². The molecule has 0 aromatic heterocycles. The standard InChI is InChI=1S/C9H15IS/c1-8-5-6-9(8)4-2-3-7-11-10/h4,8H,2-3,5-7H2,1H3/b9-4-/t8-/m1/s1. The molecule has 0 radical (unpaired) electrons. The minimum Gasteiger partial charge on any atom is -0.0894 e. The van der Waals surface area contributed by atoms with E-state index in [1.54, 1.807) is 5.57 Å². The van der Waals surface area contributed by atoms with E-state index in [0.717, 1.165) is 5.92 Å². The van der Waals surface area contributed by atoms with Crippen LogP contribution in [0.1, 0.15) is 32.6 Å². The Morgan fingerprint density at radius 2 is 2.55 bits per heavy atom. The van der Waals surface area contributed by atoms with Crippen molar-refractivity contribution in [2.24, 2.45) is 5.92 Å². The third kappa shape index (κ3) is 3.36. The van der Waals surface area contributed by atoms with E-state index >= 15 is 0 Å². The summed E-state index contributed by atoms with van der Waals surface area (Å²) in [5, 5.41) is 0. The molecular weight excluding hydrogens is 267 g/mol. The molecule has 0 heterocycles. The average Bonchev–Trinajstić information content (AvgIpc) is 2.02. The third-order valence-corrected chi connectivity index (χ3v) is 4.10. The molecule has 0 nitrogen and oxygen atoms in total. The quantitative estimate of drug-likeness (QED) is 0.423. The Balaban J connectivity index is 2.05. The monoisotopic (exact) mass is 282 g/mol. The fourth-order valence-corrected chi connectivity index (χ4v) is 2.54. The summed E-state index contributed by atoms with van der Waals surface area (Å²) in [6, 6.07) is 0. The number of allylic oxidation sites excluding steroid dienone is 2. The smallest absolute Gasteiger partial charge is 0.00364 e. The molecule has 0 N–H and O–H groups in total. The van der Waals surface area contributed by atoms with Gasteiger partial charge in [0.2, 0.25) is 0 Å². The van der Waals surface area contributed by atoms with Gasteiger partial charge in [0, 0.05) is 5.75 Å². The Kier molecular flexibility index (Phi) is 4.92. The highest BCUT2D eigenvalue weighted by molar-refractivity contribution is 14.2. The molecule has 0 spiro atoms. The molecule has 0 unspecified atom stereocenters. The molecule has 0 saturated heterocycles. The predicted octanol–water partition coefficient (Wildman–Crippen LogP) is 4.21. The maximum Gasteiger partial charge on any atom is 0.00364 e. The molecule has 1 fully saturated rings. The van der Waals surface area contributed by atoms with Gasteiger partial charge in [-0.1, -0.05) is 27.5 Å². The van der Waals surface area contributed by atoms with Gasteiger partial charge in [-0.3, -0.25) is 0 Å². The first kappa shape index (κ1) is 9.90. The lowest BCUT2D eigenvalue weighted by molar-refractivity contribution is 0.479. The average molecular weight is 282 g/mol. The highest BCUT2D eigenvalue weighted by Gasteiger charge is 2.17. The topological polar surface area (TPSA) is 0 Å². The van der Waals surface area contributed by atoms with Crippen LogP contribution in [0.2, 0.25) is 0 Å². The molecule has 1 saturated carbocycles. The first-order chi connectivity index (χ1) is 5.34. The second-order valence-electron chi connectivity index (χ2n) is 3.17. The zero-order chi connectivity index (χ0) is 8.10. The Morgan fingerprint density at radius 1 is 1.73 bits per heavy atom. The van der Waals surface area contributed by atoms with Crippen LogP contribution in [0.25, 0.3) is 0 Å². The molecule has 0 bridgehead atoms. The first-order valence-electron chi connectivity index (χ1n) is 4.27. The first-order valence-corrected chi connectivity index (χ1v) is 7.80. The molecule has 0 aromatic carbocycles. The SMILES string of the molecule is C[C@@H]1CC/C1=C/CCCSI. The van der Waals surface area contributed by atoms with Crippen molar-refractivity contribution in [1.29, 1.82) is 0 Å². The molecule has 1 aliphatic rings. The number of hydrogen-bond donors (Lipinski definition) is 0. The Hall–Kier alpha value is 0.820. The summed E-state index contributed by atoms with van der Waals surface area (Å²) >= 11 is 2.37. The molecule has 2 heteroatoms. The molecule has 0 aliphatic heterocycles. The molecule has 1 atom stereocenters. The van der Waals surface area contributed by atoms with E-state index < -0.39 is 0 Å². The second-order valence-corrected chi connectivity index (χ2v) is 5.67. The van der Waals surface area contributed by atoms with Gasteiger partial charge in [0.05, 0.1) is 0 Å². The minimum atomic E-state index is 0.905. The van der Waals surface area contributed by atoms with Crippen molar-refractivity contribution in [2.45, 2.75) is 32.6 Å². The number of rotatable bonds is 4. The van der Waals surface area contributed by atoms with E-state index in [2.05, 4.69) is 34.2 Å². The summed E-state index contributed by atoms with van der Waals surface area (Å²) in [4.78, 5) is 0. The maximum atomic E-state index is 2.46. The Labute approximate surface area is 85.8 Å². The van der Waals surface area contributed by atoms with Crippen LogP contribution < -0.4 is 0 Å². The minimum absolute atomic E-state index is 0.905. The van der Waals surface area contributed by atoms with E-state index in [1.807, 2.05) is 8.93 Å². The van der Waals surface area contributed by atoms with Crippen molar-refractivity contribution in [3.63, 3.8) is 0 Å². The van der Waals surface area contributed by atoms with Crippen LogP contribution >= 0.6 is 30.1 Å². The van der Waals surface area contributed by atoms with Gasteiger partial charge >= 0.3 is 0 Å². The fraction of sp³-hybridized carbons (Fsp3) is 0.778. The van der Waals surface area contributed by atoms with Crippen LogP contribution in [0.4, 0.5) is 0 Å². The van der Waals surface area contributed by atoms with Crippen molar-refractivity contribution in [3.8, 4) is 0 Å². The normalized spacial score (nSPS) is 27.1. The van der Waals surface area contributed by atoms with Gasteiger partial charge in [0.15, 0.2) is 0 Å². The number of unbranched alkanes of at least 4 members (excludes halogenated alkanes) is 1. The summed E-state index contributed by atoms with van der Waals surface area (Å²) in [5.41, 5.74) is 1.71. The largest absolute Gasteiger partial charge is 0.0894 e. The van der Waals surface area contributed by atoms with Crippen LogP contribution in [0.5, 0.6) is 0 Å². The summed E-state index contributed by atoms with van der Waals surface area (Å²) in [6.07, 6.45) is 7.91. The third-order valence-electron chi connectivity index (χ3n) is 2.33. The van der Waals surface area contributed by atoms with Crippen LogP contribution in [0, 0.1) is 5.92 Å². The summed E-state index contributed by atoms with van der Waals surface area (Å²) in [5.74, 6) is 2.21. The molecule has 1 aliphatic carbocycles. The zero-order valence-electron chi connectivity index (χ0n) is 6.98. The van der Waals surface area contributed by atoms with Gasteiger partial charge in [0.25, 0.3) is 0 Å². The van der Waals surface area contributed by atoms with Crippen molar-refractivity contribution in [2.75, 3.05) is 5.75 Å². The predicted molar refractivity (Wildman–Crippen MR) is 62.2 cm³/mol. The van der Waals surface area contributed by atoms with Gasteiger partial charge in [-0.25, -0.2) is 0 Å². The molecule has 0 aromatic rings. The van der Waals surface area contributed by atoms with E-state index in [4.69, 9.17) is 0 Å². The summed E-state index contributed by atoms with van der Waals surface area (Å²) in [6.45, 7) is 2.34. The second kappa shape index (κ2) is 5.46. The molecular formula is C9H15IS. The zero-order valence-corrected chi connectivity index (χ0v) is 9.95. The van der Waals surface area contributed by atoms with E-state index in [-0.39, 0.29) is 0 Å². The molecule has 64 valence electrons. The van der Waals surface area contributed by atoms with Crippen molar-refractivity contribution in [3.05, 3.63) is 11.6 Å². The van der Waals surface area contributed by atoms with Gasteiger partial charge in [-0.2, -0.15) is 0 Å². The highest BCUT2D eigenvalue weighted by atomic mass is 127. The van der Waals surface area contributed by atoms with Crippen LogP contribution in [-0.4, -0.2) is 5.75 Å². The summed E-state index contributed by atoms with van der Waals surface area (Å²) < 4.78 is 0. The number of halogens is 1. The Morgan fingerprint density at radius 3 is 3.00 bits per heavy atom.